The molecule has 0 saturated carbocycles. The van der Waals surface area contributed by atoms with Crippen LogP contribution in [0.5, 0.6) is 0 Å². The lowest BCUT2D eigenvalue weighted by molar-refractivity contribution is -0.158. The molecule has 0 aromatic carbocycles. The van der Waals surface area contributed by atoms with Crippen LogP contribution < -0.4 is 0 Å². The molecule has 0 aromatic heterocycles. The molecule has 120 valence electrons. The summed E-state index contributed by atoms with van der Waals surface area (Å²) in [4.78, 5) is 0. The number of hydrogen-bond donors (Lipinski definition) is 2. The zero-order chi connectivity index (χ0) is 15.8. The number of hydrogen-bond acceptors (Lipinski definition) is 5. The minimum Gasteiger partial charge on any atom is -0.414 e. The highest BCUT2D eigenvalue weighted by Gasteiger charge is 2.45. The molecule has 5 nitrogen and oxygen atoms in total. The molecule has 0 aliphatic carbocycles. The highest BCUT2D eigenvalue weighted by molar-refractivity contribution is 6.74. The molecule has 1 saturated heterocycles. The molecule has 2 N–H and O–H groups in total. The standard InChI is InChI=1S/C14H30O5Si/c1-13(2,3)20(6,7)17-9-10(16)12-11(8-15)18-14(4,5)19-12/h10-12,15-16H,8-9H2,1-7H3/t10-,11+,12-/m1/s1. The number of ether oxygens (including phenoxy) is 2. The van der Waals surface area contributed by atoms with Crippen LogP contribution in [0, 0.1) is 0 Å². The quantitative estimate of drug-likeness (QED) is 0.759. The van der Waals surface area contributed by atoms with Crippen molar-refractivity contribution in [2.24, 2.45) is 0 Å². The van der Waals surface area contributed by atoms with Gasteiger partial charge in [0.1, 0.15) is 18.3 Å². The Balaban J connectivity index is 2.61. The third-order valence-electron chi connectivity index (χ3n) is 4.20. The Morgan fingerprint density at radius 1 is 1.25 bits per heavy atom. The lowest BCUT2D eigenvalue weighted by atomic mass is 10.1. The van der Waals surface area contributed by atoms with Gasteiger partial charge in [0.15, 0.2) is 14.1 Å². The molecule has 0 spiro atoms. The lowest BCUT2D eigenvalue weighted by Crippen LogP contribution is -2.46. The van der Waals surface area contributed by atoms with Gasteiger partial charge in [0.2, 0.25) is 0 Å². The third kappa shape index (κ3) is 4.25. The maximum absolute atomic E-state index is 10.3. The molecular weight excluding hydrogens is 276 g/mol. The molecule has 0 aromatic rings. The van der Waals surface area contributed by atoms with Crippen molar-refractivity contribution >= 4 is 8.32 Å². The molecule has 3 atom stereocenters. The van der Waals surface area contributed by atoms with Gasteiger partial charge in [0.25, 0.3) is 0 Å². The first-order chi connectivity index (χ1) is 8.89. The minimum atomic E-state index is -1.91. The summed E-state index contributed by atoms with van der Waals surface area (Å²) in [7, 11) is -1.91. The predicted molar refractivity (Wildman–Crippen MR) is 80.1 cm³/mol. The summed E-state index contributed by atoms with van der Waals surface area (Å²) < 4.78 is 17.2. The highest BCUT2D eigenvalue weighted by atomic mass is 28.4. The zero-order valence-corrected chi connectivity index (χ0v) is 14.8. The van der Waals surface area contributed by atoms with Crippen molar-refractivity contribution < 1.29 is 24.1 Å². The SMILES string of the molecule is CC1(C)O[C@H]([C@H](O)CO[Si](C)(C)C(C)(C)C)[C@H](CO)O1. The van der Waals surface area contributed by atoms with Crippen molar-refractivity contribution in [3.63, 3.8) is 0 Å². The van der Waals surface area contributed by atoms with Crippen LogP contribution in [-0.4, -0.2) is 55.8 Å². The summed E-state index contributed by atoms with van der Waals surface area (Å²) in [6.07, 6.45) is -1.87. The maximum Gasteiger partial charge on any atom is 0.192 e. The second-order valence-corrected chi connectivity index (χ2v) is 12.3. The number of aliphatic hydroxyl groups is 2. The van der Waals surface area contributed by atoms with E-state index >= 15 is 0 Å². The number of rotatable bonds is 5. The smallest absolute Gasteiger partial charge is 0.192 e. The van der Waals surface area contributed by atoms with Gasteiger partial charge in [-0.3, -0.25) is 0 Å². The molecule has 0 bridgehead atoms. The molecule has 1 rings (SSSR count). The summed E-state index contributed by atoms with van der Waals surface area (Å²) in [6.45, 7) is 14.3. The molecule has 0 unspecified atom stereocenters. The van der Waals surface area contributed by atoms with Crippen molar-refractivity contribution in [2.75, 3.05) is 13.2 Å². The molecule has 0 radical (unpaired) electrons. The van der Waals surface area contributed by atoms with E-state index in [0.29, 0.717) is 0 Å². The van der Waals surface area contributed by atoms with E-state index in [-0.39, 0.29) is 18.3 Å². The van der Waals surface area contributed by atoms with Crippen molar-refractivity contribution in [1.82, 2.24) is 0 Å². The van der Waals surface area contributed by atoms with E-state index in [0.717, 1.165) is 0 Å². The van der Waals surface area contributed by atoms with E-state index < -0.39 is 32.4 Å². The Morgan fingerprint density at radius 2 is 1.80 bits per heavy atom. The van der Waals surface area contributed by atoms with Gasteiger partial charge in [0.05, 0.1) is 13.2 Å². The number of aliphatic hydroxyl groups excluding tert-OH is 2. The van der Waals surface area contributed by atoms with E-state index in [9.17, 15) is 10.2 Å². The third-order valence-corrected chi connectivity index (χ3v) is 8.70. The molecular formula is C14H30O5Si. The van der Waals surface area contributed by atoms with Gasteiger partial charge < -0.3 is 24.1 Å². The Morgan fingerprint density at radius 3 is 2.25 bits per heavy atom. The second kappa shape index (κ2) is 6.02. The van der Waals surface area contributed by atoms with Crippen LogP contribution in [0.1, 0.15) is 34.6 Å². The summed E-state index contributed by atoms with van der Waals surface area (Å²) in [5, 5.41) is 19.7. The first kappa shape index (κ1) is 18.1. The van der Waals surface area contributed by atoms with Crippen LogP contribution in [-0.2, 0) is 13.9 Å². The zero-order valence-electron chi connectivity index (χ0n) is 13.8. The monoisotopic (exact) mass is 306 g/mol. The summed E-state index contributed by atoms with van der Waals surface area (Å²) >= 11 is 0. The van der Waals surface area contributed by atoms with Gasteiger partial charge in [-0.2, -0.15) is 0 Å². The van der Waals surface area contributed by atoms with Gasteiger partial charge in [-0.25, -0.2) is 0 Å². The maximum atomic E-state index is 10.3. The molecule has 1 aliphatic rings. The largest absolute Gasteiger partial charge is 0.414 e. The van der Waals surface area contributed by atoms with E-state index in [1.165, 1.54) is 0 Å². The van der Waals surface area contributed by atoms with Gasteiger partial charge in [-0.05, 0) is 32.0 Å². The first-order valence-electron chi connectivity index (χ1n) is 7.18. The molecule has 20 heavy (non-hydrogen) atoms. The van der Waals surface area contributed by atoms with Crippen LogP contribution in [0.2, 0.25) is 18.1 Å². The van der Waals surface area contributed by atoms with Crippen LogP contribution >= 0.6 is 0 Å². The molecule has 1 heterocycles. The predicted octanol–water partition coefficient (Wildman–Crippen LogP) is 1.88. The first-order valence-corrected chi connectivity index (χ1v) is 10.1. The molecule has 0 amide bonds. The molecule has 6 heteroatoms. The van der Waals surface area contributed by atoms with Gasteiger partial charge in [-0.15, -0.1) is 0 Å². The minimum absolute atomic E-state index is 0.0927. The molecule has 1 aliphatic heterocycles. The summed E-state index contributed by atoms with van der Waals surface area (Å²) in [5.74, 6) is -0.782. The van der Waals surface area contributed by atoms with Gasteiger partial charge >= 0.3 is 0 Å². The van der Waals surface area contributed by atoms with Crippen LogP contribution in [0.15, 0.2) is 0 Å². The van der Waals surface area contributed by atoms with Gasteiger partial charge in [0, 0.05) is 0 Å². The average molecular weight is 306 g/mol. The second-order valence-electron chi connectivity index (χ2n) is 7.46. The van der Waals surface area contributed by atoms with Crippen LogP contribution in [0.3, 0.4) is 0 Å². The van der Waals surface area contributed by atoms with E-state index in [4.69, 9.17) is 13.9 Å². The molecule has 1 fully saturated rings. The normalized spacial score (nSPS) is 28.6. The average Bonchev–Trinajstić information content (AvgIpc) is 2.60. The fourth-order valence-corrected chi connectivity index (χ4v) is 2.96. The van der Waals surface area contributed by atoms with Crippen LogP contribution in [0.25, 0.3) is 0 Å². The van der Waals surface area contributed by atoms with Gasteiger partial charge in [-0.1, -0.05) is 20.8 Å². The summed E-state index contributed by atoms with van der Waals surface area (Å²) in [6, 6.07) is 0. The Labute approximate surface area is 123 Å². The topological polar surface area (TPSA) is 68.2 Å². The summed E-state index contributed by atoms with van der Waals surface area (Å²) in [5.41, 5.74) is 0. The van der Waals surface area contributed by atoms with Crippen LogP contribution in [0.4, 0.5) is 0 Å². The van der Waals surface area contributed by atoms with E-state index in [1.54, 1.807) is 13.8 Å². The Hall–Kier alpha value is 0.0169. The van der Waals surface area contributed by atoms with E-state index in [1.807, 2.05) is 0 Å². The fourth-order valence-electron chi connectivity index (χ4n) is 1.94. The van der Waals surface area contributed by atoms with Crippen molar-refractivity contribution in [2.45, 2.75) is 76.8 Å². The van der Waals surface area contributed by atoms with E-state index in [2.05, 4.69) is 33.9 Å². The Bertz CT molecular complexity index is 324. The lowest BCUT2D eigenvalue weighted by Gasteiger charge is -2.37. The van der Waals surface area contributed by atoms with Crippen molar-refractivity contribution in [3.8, 4) is 0 Å². The van der Waals surface area contributed by atoms with Crippen molar-refractivity contribution in [3.05, 3.63) is 0 Å². The Kier molecular flexibility index (Phi) is 5.44. The fraction of sp³-hybridized carbons (Fsp3) is 1.00. The van der Waals surface area contributed by atoms with Crippen molar-refractivity contribution in [1.29, 1.82) is 0 Å². The highest BCUT2D eigenvalue weighted by Crippen LogP contribution is 2.37.